The molecule has 0 bridgehead atoms. The Balaban J connectivity index is -0.000000169. The number of nitrogens with one attached hydrogen (secondary N) is 4. The molecule has 0 aromatic heterocycles. The zero-order valence-electron chi connectivity index (χ0n) is 46.0. The van der Waals surface area contributed by atoms with Crippen LogP contribution in [0.2, 0.25) is 0 Å². The first-order chi connectivity index (χ1) is 34.9. The molecular formula is C48H85N8NaO18. The van der Waals surface area contributed by atoms with Crippen molar-refractivity contribution in [3.05, 3.63) is 29.8 Å². The summed E-state index contributed by atoms with van der Waals surface area (Å²) >= 11 is 0. The van der Waals surface area contributed by atoms with Crippen molar-refractivity contribution in [2.75, 3.05) is 32.1 Å². The van der Waals surface area contributed by atoms with Crippen LogP contribution in [0.15, 0.2) is 24.3 Å². The van der Waals surface area contributed by atoms with Crippen molar-refractivity contribution in [2.45, 2.75) is 125 Å². The number of hydrogen-bond donors (Lipinski definition) is 14. The van der Waals surface area contributed by atoms with Gasteiger partial charge < -0.3 is 85.0 Å². The van der Waals surface area contributed by atoms with Gasteiger partial charge in [-0.1, -0.05) is 67.5 Å². The second-order valence-corrected chi connectivity index (χ2v) is 17.0. The number of nitrogens with two attached hydrogens (primary N) is 4. The van der Waals surface area contributed by atoms with E-state index in [9.17, 15) is 48.3 Å². The zero-order chi connectivity index (χ0) is 59.8. The molecule has 26 nitrogen and oxygen atoms in total. The number of aliphatic carboxylic acids is 4. The van der Waals surface area contributed by atoms with Gasteiger partial charge in [-0.3, -0.25) is 33.6 Å². The van der Waals surface area contributed by atoms with Gasteiger partial charge >= 0.3 is 71.5 Å². The number of Topliss-reactive ketones (excluding diaryl/α,β-unsaturated/α-hetero) is 2. The Morgan fingerprint density at radius 2 is 0.987 bits per heavy atom. The molecule has 6 atom stereocenters. The summed E-state index contributed by atoms with van der Waals surface area (Å²) in [6.45, 7) is 15.7. The molecule has 0 aliphatic heterocycles. The maximum Gasteiger partial charge on any atom is 1.00 e. The van der Waals surface area contributed by atoms with Gasteiger partial charge in [-0.25, -0.2) is 14.4 Å². The third-order valence-corrected chi connectivity index (χ3v) is 10.4. The largest absolute Gasteiger partial charge is 1.00 e. The van der Waals surface area contributed by atoms with E-state index in [-0.39, 0.29) is 110 Å². The van der Waals surface area contributed by atoms with Crippen molar-refractivity contribution in [3.63, 3.8) is 0 Å². The van der Waals surface area contributed by atoms with E-state index in [2.05, 4.69) is 32.6 Å². The molecule has 27 heteroatoms. The van der Waals surface area contributed by atoms with E-state index in [1.54, 1.807) is 31.2 Å². The molecule has 0 aliphatic rings. The number of carboxylic acids is 4. The maximum absolute atomic E-state index is 12.7. The van der Waals surface area contributed by atoms with Crippen molar-refractivity contribution in [2.24, 2.45) is 64.4 Å². The average molecular weight is 1090 g/mol. The van der Waals surface area contributed by atoms with Crippen LogP contribution in [0.4, 0.5) is 20.1 Å². The summed E-state index contributed by atoms with van der Waals surface area (Å²) < 4.78 is 5.74. The van der Waals surface area contributed by atoms with E-state index >= 15 is 0 Å². The predicted octanol–water partition coefficient (Wildman–Crippen LogP) is -1.38. The molecule has 0 fully saturated rings. The molecule has 1 aromatic rings. The summed E-state index contributed by atoms with van der Waals surface area (Å²) in [6.07, 6.45) is 8.11. The molecule has 0 heterocycles. The number of carbonyl (C=O) groups excluding carboxylic acids is 6. The van der Waals surface area contributed by atoms with Gasteiger partial charge in [0.2, 0.25) is 0 Å². The first kappa shape index (κ1) is 80.3. The van der Waals surface area contributed by atoms with Crippen LogP contribution in [-0.4, -0.2) is 129 Å². The summed E-state index contributed by atoms with van der Waals surface area (Å²) in [7, 11) is 1.00. The topological polar surface area (TPSA) is 477 Å². The van der Waals surface area contributed by atoms with Crippen molar-refractivity contribution < 1.29 is 120 Å². The fourth-order valence-electron chi connectivity index (χ4n) is 5.36. The smallest absolute Gasteiger partial charge is 0.662 e. The second-order valence-electron chi connectivity index (χ2n) is 17.0. The van der Waals surface area contributed by atoms with Gasteiger partial charge in [0.15, 0.2) is 5.78 Å². The van der Waals surface area contributed by atoms with E-state index in [1.165, 1.54) is 6.40 Å². The van der Waals surface area contributed by atoms with E-state index < -0.39 is 65.9 Å². The Bertz CT molecular complexity index is 1830. The molecule has 0 spiro atoms. The van der Waals surface area contributed by atoms with Crippen LogP contribution in [0, 0.1) is 54.2 Å². The Hall–Kier alpha value is -6.08. The molecule has 0 saturated heterocycles. The van der Waals surface area contributed by atoms with Crippen LogP contribution in [0.3, 0.4) is 0 Å². The first-order valence-corrected chi connectivity index (χ1v) is 23.2. The van der Waals surface area contributed by atoms with Gasteiger partial charge in [0.25, 0.3) is 6.47 Å². The van der Waals surface area contributed by atoms with E-state index in [1.807, 2.05) is 48.5 Å². The van der Waals surface area contributed by atoms with E-state index in [4.69, 9.17) is 59.9 Å². The number of primary amides is 3. The number of amides is 6. The summed E-state index contributed by atoms with van der Waals surface area (Å²) in [5, 5.41) is 70.0. The number of anilines is 1. The molecule has 75 heavy (non-hydrogen) atoms. The molecule has 1 rings (SSSR count). The van der Waals surface area contributed by atoms with Crippen molar-refractivity contribution in [1.82, 2.24) is 16.0 Å². The van der Waals surface area contributed by atoms with Crippen LogP contribution >= 0.6 is 0 Å². The molecule has 18 N–H and O–H groups in total. The van der Waals surface area contributed by atoms with Gasteiger partial charge in [0.05, 0.1) is 30.4 Å². The molecule has 6 amide bonds. The van der Waals surface area contributed by atoms with Gasteiger partial charge in [0.1, 0.15) is 13.2 Å². The number of benzene rings is 1. The van der Waals surface area contributed by atoms with Crippen molar-refractivity contribution in [1.29, 1.82) is 0 Å². The summed E-state index contributed by atoms with van der Waals surface area (Å²) in [6, 6.07) is 3.79. The second kappa shape index (κ2) is 52.8. The fourth-order valence-corrected chi connectivity index (χ4v) is 5.36. The minimum absolute atomic E-state index is 0. The van der Waals surface area contributed by atoms with E-state index in [0.717, 1.165) is 18.4 Å². The van der Waals surface area contributed by atoms with Gasteiger partial charge in [-0.2, -0.15) is 0 Å². The number of ketones is 2. The van der Waals surface area contributed by atoms with Crippen LogP contribution in [0.25, 0.3) is 0 Å². The molecule has 1 aromatic carbocycles. The summed E-state index contributed by atoms with van der Waals surface area (Å²) in [5.41, 5.74) is 21.3. The average Bonchev–Trinajstić information content (AvgIpc) is 3.34. The fraction of sp³-hybridized carbons (Fsp3) is 0.625. The molecule has 0 radical (unpaired) electrons. The van der Waals surface area contributed by atoms with Crippen molar-refractivity contribution in [3.8, 4) is 12.8 Å². The number of rotatable bonds is 29. The number of carbonyl (C=O) groups is 10. The van der Waals surface area contributed by atoms with Gasteiger partial charge in [-0.05, 0) is 74.0 Å². The van der Waals surface area contributed by atoms with Crippen LogP contribution in [-0.2, 0) is 45.1 Å². The molecule has 0 unspecified atom stereocenters. The molecule has 0 aliphatic carbocycles. The Morgan fingerprint density at radius 1 is 0.640 bits per heavy atom. The van der Waals surface area contributed by atoms with Crippen LogP contribution in [0.5, 0.6) is 0 Å². The van der Waals surface area contributed by atoms with Crippen LogP contribution < -0.4 is 79.0 Å². The van der Waals surface area contributed by atoms with Crippen LogP contribution in [0.1, 0.15) is 114 Å². The van der Waals surface area contributed by atoms with Gasteiger partial charge in [-0.15, -0.1) is 12.8 Å². The third kappa shape index (κ3) is 51.2. The minimum atomic E-state index is -1.03. The monoisotopic (exact) mass is 1090 g/mol. The normalized spacial score (nSPS) is 12.1. The summed E-state index contributed by atoms with van der Waals surface area (Å²) in [5.74, 6) is -5.37. The molecule has 0 saturated carbocycles. The van der Waals surface area contributed by atoms with E-state index in [0.29, 0.717) is 45.2 Å². The Morgan fingerprint density at radius 3 is 1.24 bits per heavy atom. The Kier molecular flexibility index (Phi) is 56.5. The first-order valence-electron chi connectivity index (χ1n) is 23.7. The summed E-state index contributed by atoms with van der Waals surface area (Å²) in [4.78, 5) is 110. The quantitative estimate of drug-likeness (QED) is 0.0110. The van der Waals surface area contributed by atoms with Gasteiger partial charge in [0, 0.05) is 51.2 Å². The standard InChI is InChI=1S/C19H29N3O5.C13H24N2O4.C6H13N3O3.C6H12O2.C2H2.CH2O3.CH4O.Na/c1-12(2)17(22-15-7-5-13(11-23)6-8-15)16(24)10-14(18(25)26)4-3-9-21-19(20)27;1-8(2)9(3)11(16)7-10(12(17)18)5-4-6-15-13(14)19;7-4(5(10)11)2-1-3-9-6(8)12;1-4(2)5(3)6(7)8;1-2;2-1-4-3;1-2;/h5-8,12,14,17,22-23H,3-4,9-11H2,1-2H3,(H,25,26)(H3,20,21,27);8-10H,4-7H2,1-3H3,(H,17,18)(H3,14,15,19);4H,1-3,7H2,(H,10,11)(H3,8,9,12);4-5H,1-3H3,(H,7,8);1-2H;1,3H;2H,1H3;/q;;;;;;;+1/p-1/t14-,17+;9-,10+;4-;5-;;;;/m1000..../s1/i;;;;1D;;;. The number of aliphatic hydroxyl groups excluding tert-OH is 2. The number of carboxylic acid groups (broad SMARTS) is 4. The maximum atomic E-state index is 12.7. The molecule has 426 valence electrons. The number of urea groups is 3. The minimum Gasteiger partial charge on any atom is -0.662 e. The number of hydrogen-bond acceptors (Lipinski definition) is 16. The van der Waals surface area contributed by atoms with Crippen molar-refractivity contribution >= 4 is 65.7 Å². The SMILES string of the molecule is CC(C)[C@H](C)C(=O)C[C@@H](CCCNC(N)=O)C(=O)O.CC(C)[C@H](C)C(=O)O.CC(C)[C@H](Nc1ccc(CO)cc1)C(=O)C[C@@H](CCCNC(N)=O)C(=O)O.CO.NC(=O)NCCC[C@H](N)C(=O)O.O=CO[O-].[2H]C#C.[Na+]. The zero-order valence-corrected chi connectivity index (χ0v) is 47.0. The number of aliphatic hydroxyl groups is 2. The third-order valence-electron chi connectivity index (χ3n) is 10.4. The molecular weight excluding hydrogens is 1000 g/mol. The Labute approximate surface area is 463 Å². The number of terminal acetylenes is 1. The predicted molar refractivity (Wildman–Crippen MR) is 273 cm³/mol.